The van der Waals surface area contributed by atoms with Crippen LogP contribution >= 0.6 is 0 Å². The second kappa shape index (κ2) is 4.08. The number of likely N-dealkylation sites (N-methyl/N-ethyl adjacent to an activating group) is 1. The summed E-state index contributed by atoms with van der Waals surface area (Å²) in [4.78, 5) is 14.1. The molecule has 1 saturated heterocycles. The molecule has 0 aromatic carbocycles. The second-order valence-corrected chi connectivity index (χ2v) is 3.73. The van der Waals surface area contributed by atoms with Gasteiger partial charge in [-0.25, -0.2) is 4.68 Å². The molecule has 1 aromatic heterocycles. The molecule has 1 fully saturated rings. The van der Waals surface area contributed by atoms with E-state index in [9.17, 15) is 4.79 Å². The number of carbonyl (C=O) groups is 1. The van der Waals surface area contributed by atoms with Crippen LogP contribution in [-0.2, 0) is 11.8 Å². The summed E-state index contributed by atoms with van der Waals surface area (Å²) in [5.74, 6) is -0.0472. The van der Waals surface area contributed by atoms with E-state index in [2.05, 4.69) is 15.2 Å². The van der Waals surface area contributed by atoms with Crippen molar-refractivity contribution in [3.63, 3.8) is 0 Å². The van der Waals surface area contributed by atoms with E-state index in [1.807, 2.05) is 7.05 Å². The van der Waals surface area contributed by atoms with Crippen LogP contribution in [-0.4, -0.2) is 58.5 Å². The smallest absolute Gasteiger partial charge is 0.212 e. The number of ether oxygens (including phenoxy) is 1. The van der Waals surface area contributed by atoms with Crippen LogP contribution in [0.5, 0.6) is 0 Å². The van der Waals surface area contributed by atoms with Gasteiger partial charge in [0.2, 0.25) is 5.78 Å². The molecule has 0 amide bonds. The van der Waals surface area contributed by atoms with E-state index in [0.29, 0.717) is 18.8 Å². The number of morpholine rings is 1. The lowest BCUT2D eigenvalue weighted by molar-refractivity contribution is -0.00911. The number of Topliss-reactive ketones (excluding diaryl/α,β-unsaturated/α-hetero) is 1. The molecule has 2 rings (SSSR count). The highest BCUT2D eigenvalue weighted by Gasteiger charge is 2.27. The average Bonchev–Trinajstić information content (AvgIpc) is 2.63. The van der Waals surface area contributed by atoms with Gasteiger partial charge in [0.1, 0.15) is 11.8 Å². The van der Waals surface area contributed by atoms with Crippen LogP contribution in [0.25, 0.3) is 0 Å². The van der Waals surface area contributed by atoms with E-state index < -0.39 is 0 Å². The minimum absolute atomic E-state index is 0.0472. The Kier molecular flexibility index (Phi) is 2.79. The van der Waals surface area contributed by atoms with Gasteiger partial charge in [0.05, 0.1) is 12.8 Å². The first-order chi connectivity index (χ1) is 7.18. The molecule has 0 bridgehead atoms. The number of aromatic nitrogens is 3. The maximum Gasteiger partial charge on any atom is 0.212 e. The van der Waals surface area contributed by atoms with Gasteiger partial charge in [0, 0.05) is 20.1 Å². The van der Waals surface area contributed by atoms with Crippen molar-refractivity contribution in [3.05, 3.63) is 11.9 Å². The molecule has 1 atom stereocenters. The number of ketones is 1. The van der Waals surface area contributed by atoms with E-state index >= 15 is 0 Å². The van der Waals surface area contributed by atoms with E-state index in [4.69, 9.17) is 4.74 Å². The van der Waals surface area contributed by atoms with Crippen molar-refractivity contribution in [2.24, 2.45) is 7.05 Å². The lowest BCUT2D eigenvalue weighted by Gasteiger charge is -2.28. The molecule has 0 spiro atoms. The third-order valence-electron chi connectivity index (χ3n) is 2.53. The highest BCUT2D eigenvalue weighted by Crippen LogP contribution is 2.09. The molecule has 6 heteroatoms. The van der Waals surface area contributed by atoms with E-state index in [0.717, 1.165) is 6.54 Å². The third-order valence-corrected chi connectivity index (χ3v) is 2.53. The summed E-state index contributed by atoms with van der Waals surface area (Å²) in [6.45, 7) is 2.09. The summed E-state index contributed by atoms with van der Waals surface area (Å²) in [6.07, 6.45) is 1.08. The van der Waals surface area contributed by atoms with Crippen LogP contribution in [0.2, 0.25) is 0 Å². The van der Waals surface area contributed by atoms with Gasteiger partial charge in [-0.3, -0.25) is 4.79 Å². The summed E-state index contributed by atoms with van der Waals surface area (Å²) in [6, 6.07) is 0. The van der Waals surface area contributed by atoms with Gasteiger partial charge in [-0.1, -0.05) is 5.21 Å². The molecule has 1 aliphatic rings. The Bertz CT molecular complexity index is 363. The molecule has 0 radical (unpaired) electrons. The number of hydrogen-bond acceptors (Lipinski definition) is 5. The maximum absolute atomic E-state index is 12.0. The Morgan fingerprint density at radius 1 is 1.60 bits per heavy atom. The molecule has 0 saturated carbocycles. The van der Waals surface area contributed by atoms with Crippen molar-refractivity contribution in [1.82, 2.24) is 19.9 Å². The molecule has 0 aliphatic carbocycles. The first kappa shape index (κ1) is 10.3. The van der Waals surface area contributed by atoms with Crippen molar-refractivity contribution in [2.75, 3.05) is 26.7 Å². The standard InChI is InChI=1S/C9H14N4O2/c1-12-3-4-15-8(6-12)9(14)7-5-10-11-13(7)2/h5,8H,3-4,6H2,1-2H3. The molecule has 1 aromatic rings. The van der Waals surface area contributed by atoms with E-state index in [-0.39, 0.29) is 11.9 Å². The van der Waals surface area contributed by atoms with Crippen molar-refractivity contribution >= 4 is 5.78 Å². The molecule has 2 heterocycles. The Labute approximate surface area is 87.8 Å². The minimum atomic E-state index is -0.388. The number of nitrogens with zero attached hydrogens (tertiary/aromatic N) is 4. The zero-order chi connectivity index (χ0) is 10.8. The van der Waals surface area contributed by atoms with Crippen molar-refractivity contribution in [2.45, 2.75) is 6.10 Å². The number of carbonyl (C=O) groups excluding carboxylic acids is 1. The fourth-order valence-corrected chi connectivity index (χ4v) is 1.61. The van der Waals surface area contributed by atoms with Crippen molar-refractivity contribution < 1.29 is 9.53 Å². The van der Waals surface area contributed by atoms with Crippen LogP contribution in [0.15, 0.2) is 6.20 Å². The highest BCUT2D eigenvalue weighted by molar-refractivity contribution is 5.97. The van der Waals surface area contributed by atoms with E-state index in [1.165, 1.54) is 10.9 Å². The lowest BCUT2D eigenvalue weighted by atomic mass is 10.1. The Morgan fingerprint density at radius 3 is 3.00 bits per heavy atom. The van der Waals surface area contributed by atoms with Crippen molar-refractivity contribution in [3.8, 4) is 0 Å². The molecule has 6 nitrogen and oxygen atoms in total. The molecular formula is C9H14N4O2. The van der Waals surface area contributed by atoms with E-state index in [1.54, 1.807) is 7.05 Å². The fourth-order valence-electron chi connectivity index (χ4n) is 1.61. The predicted octanol–water partition coefficient (Wildman–Crippen LogP) is -0.672. The summed E-state index contributed by atoms with van der Waals surface area (Å²) < 4.78 is 6.90. The minimum Gasteiger partial charge on any atom is -0.367 e. The van der Waals surface area contributed by atoms with Crippen LogP contribution in [0.3, 0.4) is 0 Å². The van der Waals surface area contributed by atoms with Gasteiger partial charge in [-0.2, -0.15) is 0 Å². The molecular weight excluding hydrogens is 196 g/mol. The molecule has 82 valence electrons. The largest absolute Gasteiger partial charge is 0.367 e. The highest BCUT2D eigenvalue weighted by atomic mass is 16.5. The van der Waals surface area contributed by atoms with Crippen LogP contribution in [0.4, 0.5) is 0 Å². The predicted molar refractivity (Wildman–Crippen MR) is 52.6 cm³/mol. The van der Waals surface area contributed by atoms with Gasteiger partial charge >= 0.3 is 0 Å². The summed E-state index contributed by atoms with van der Waals surface area (Å²) in [5.41, 5.74) is 0.496. The molecule has 0 N–H and O–H groups in total. The Morgan fingerprint density at radius 2 is 2.40 bits per heavy atom. The summed E-state index contributed by atoms with van der Waals surface area (Å²) in [7, 11) is 3.68. The molecule has 15 heavy (non-hydrogen) atoms. The first-order valence-corrected chi connectivity index (χ1v) is 4.87. The molecule has 1 aliphatic heterocycles. The number of rotatable bonds is 2. The fraction of sp³-hybridized carbons (Fsp3) is 0.667. The zero-order valence-corrected chi connectivity index (χ0v) is 8.88. The second-order valence-electron chi connectivity index (χ2n) is 3.73. The first-order valence-electron chi connectivity index (χ1n) is 4.87. The topological polar surface area (TPSA) is 60.2 Å². The monoisotopic (exact) mass is 210 g/mol. The maximum atomic E-state index is 12.0. The summed E-state index contributed by atoms with van der Waals surface area (Å²) >= 11 is 0. The molecule has 1 unspecified atom stereocenters. The van der Waals surface area contributed by atoms with Gasteiger partial charge < -0.3 is 9.64 Å². The lowest BCUT2D eigenvalue weighted by Crippen LogP contribution is -2.44. The Balaban J connectivity index is 2.11. The van der Waals surface area contributed by atoms with Crippen LogP contribution in [0, 0.1) is 0 Å². The van der Waals surface area contributed by atoms with Gasteiger partial charge in [-0.15, -0.1) is 5.10 Å². The third kappa shape index (κ3) is 2.05. The normalized spacial score (nSPS) is 22.9. The van der Waals surface area contributed by atoms with Crippen LogP contribution in [0.1, 0.15) is 10.5 Å². The van der Waals surface area contributed by atoms with Crippen LogP contribution < -0.4 is 0 Å². The Hall–Kier alpha value is -1.27. The average molecular weight is 210 g/mol. The number of aryl methyl sites for hydroxylation is 1. The SMILES string of the molecule is CN1CCOC(C(=O)c2cnnn2C)C1. The summed E-state index contributed by atoms with van der Waals surface area (Å²) in [5, 5.41) is 7.41. The zero-order valence-electron chi connectivity index (χ0n) is 8.88. The van der Waals surface area contributed by atoms with Gasteiger partial charge in [0.25, 0.3) is 0 Å². The van der Waals surface area contributed by atoms with Gasteiger partial charge in [0.15, 0.2) is 0 Å². The van der Waals surface area contributed by atoms with Gasteiger partial charge in [-0.05, 0) is 7.05 Å². The van der Waals surface area contributed by atoms with Crippen molar-refractivity contribution in [1.29, 1.82) is 0 Å². The quantitative estimate of drug-likeness (QED) is 0.606. The number of hydrogen-bond donors (Lipinski definition) is 0.